The highest BCUT2D eigenvalue weighted by atomic mass is 32.2. The van der Waals surface area contributed by atoms with Crippen molar-refractivity contribution in [1.82, 2.24) is 4.57 Å². The lowest BCUT2D eigenvalue weighted by Gasteiger charge is -2.05. The molecule has 0 radical (unpaired) electrons. The van der Waals surface area contributed by atoms with Gasteiger partial charge in [0, 0.05) is 19.1 Å². The Morgan fingerprint density at radius 3 is 2.73 bits per heavy atom. The van der Waals surface area contributed by atoms with Crippen molar-refractivity contribution in [2.24, 2.45) is 4.99 Å². The van der Waals surface area contributed by atoms with Crippen molar-refractivity contribution in [3.63, 3.8) is 0 Å². The van der Waals surface area contributed by atoms with Gasteiger partial charge in [-0.2, -0.15) is 4.99 Å². The summed E-state index contributed by atoms with van der Waals surface area (Å²) >= 11 is 1.88. The zero-order valence-corrected chi connectivity index (χ0v) is 15.6. The number of nitro groups is 1. The molecule has 1 aromatic carbocycles. The number of non-ortho nitro benzene ring substituents is 1. The Morgan fingerprint density at radius 1 is 1.38 bits per heavy atom. The van der Waals surface area contributed by atoms with Gasteiger partial charge >= 0.3 is 5.97 Å². The first-order valence-corrected chi connectivity index (χ1v) is 9.26. The highest BCUT2D eigenvalue weighted by Gasteiger charge is 2.15. The number of ether oxygens (including phenoxy) is 1. The van der Waals surface area contributed by atoms with Gasteiger partial charge in [-0.3, -0.25) is 24.5 Å². The van der Waals surface area contributed by atoms with Gasteiger partial charge in [0.25, 0.3) is 11.6 Å². The van der Waals surface area contributed by atoms with Crippen LogP contribution in [0.25, 0.3) is 10.2 Å². The summed E-state index contributed by atoms with van der Waals surface area (Å²) in [7, 11) is 0. The number of esters is 1. The van der Waals surface area contributed by atoms with Crippen LogP contribution in [0.1, 0.15) is 13.8 Å². The highest BCUT2D eigenvalue weighted by Crippen LogP contribution is 2.23. The van der Waals surface area contributed by atoms with Crippen molar-refractivity contribution in [2.75, 3.05) is 12.4 Å². The molecule has 26 heavy (non-hydrogen) atoms. The predicted molar refractivity (Wildman–Crippen MR) is 96.8 cm³/mol. The van der Waals surface area contributed by atoms with Gasteiger partial charge in [-0.1, -0.05) is 23.1 Å². The number of hydrogen-bond acceptors (Lipinski definition) is 8. The number of fused-ring (bicyclic) bond motifs is 1. The van der Waals surface area contributed by atoms with Crippen molar-refractivity contribution in [2.45, 2.75) is 20.4 Å². The Bertz CT molecular complexity index is 946. The number of aromatic nitrogens is 1. The summed E-state index contributed by atoms with van der Waals surface area (Å²) in [4.78, 5) is 49.4. The number of thiazole rings is 1. The van der Waals surface area contributed by atoms with Gasteiger partial charge in [-0.25, -0.2) is 0 Å². The number of benzene rings is 1. The SMILES string of the molecule is CCOC(=O)Cn1c(=NC(=O)CSC(C)=O)sc2cc([N+](=O)[O-])ccc21. The molecule has 0 bridgehead atoms. The summed E-state index contributed by atoms with van der Waals surface area (Å²) in [5.74, 6) is -1.18. The summed E-state index contributed by atoms with van der Waals surface area (Å²) in [6.07, 6.45) is 0. The molecule has 1 aromatic heterocycles. The minimum atomic E-state index is -0.538. The first-order valence-electron chi connectivity index (χ1n) is 7.46. The molecular weight excluding hydrogens is 382 g/mol. The van der Waals surface area contributed by atoms with Gasteiger partial charge in [-0.15, -0.1) is 0 Å². The van der Waals surface area contributed by atoms with Crippen molar-refractivity contribution in [3.8, 4) is 0 Å². The third-order valence-corrected chi connectivity index (χ3v) is 4.93. The zero-order chi connectivity index (χ0) is 19.3. The molecule has 0 atom stereocenters. The van der Waals surface area contributed by atoms with Crippen LogP contribution in [-0.4, -0.2) is 38.8 Å². The van der Waals surface area contributed by atoms with E-state index in [9.17, 15) is 24.5 Å². The summed E-state index contributed by atoms with van der Waals surface area (Å²) in [6, 6.07) is 4.17. The molecule has 138 valence electrons. The van der Waals surface area contributed by atoms with Crippen LogP contribution in [0.15, 0.2) is 23.2 Å². The van der Waals surface area contributed by atoms with E-state index in [0.717, 1.165) is 23.1 Å². The smallest absolute Gasteiger partial charge is 0.326 e. The number of amides is 1. The maximum Gasteiger partial charge on any atom is 0.326 e. The quantitative estimate of drug-likeness (QED) is 0.414. The van der Waals surface area contributed by atoms with E-state index in [2.05, 4.69) is 4.99 Å². The van der Waals surface area contributed by atoms with Gasteiger partial charge in [0.15, 0.2) is 9.92 Å². The molecule has 0 fully saturated rings. The van der Waals surface area contributed by atoms with E-state index < -0.39 is 16.8 Å². The molecule has 11 heteroatoms. The Balaban J connectivity index is 2.51. The largest absolute Gasteiger partial charge is 0.465 e. The minimum Gasteiger partial charge on any atom is -0.465 e. The first-order chi connectivity index (χ1) is 12.3. The molecule has 0 spiro atoms. The number of rotatable bonds is 6. The third kappa shape index (κ3) is 4.99. The normalized spacial score (nSPS) is 11.5. The fourth-order valence-electron chi connectivity index (χ4n) is 2.05. The Hall–Kier alpha value is -2.53. The number of carbonyl (C=O) groups excluding carboxylic acids is 3. The number of nitrogens with zero attached hydrogens (tertiary/aromatic N) is 3. The molecule has 9 nitrogen and oxygen atoms in total. The molecule has 0 unspecified atom stereocenters. The average Bonchev–Trinajstić information content (AvgIpc) is 2.89. The van der Waals surface area contributed by atoms with Crippen LogP contribution in [0.4, 0.5) is 5.69 Å². The lowest BCUT2D eigenvalue weighted by atomic mass is 10.3. The molecule has 1 heterocycles. The molecule has 2 rings (SSSR count). The van der Waals surface area contributed by atoms with Crippen molar-refractivity contribution in [1.29, 1.82) is 0 Å². The number of carbonyl (C=O) groups is 3. The summed E-state index contributed by atoms with van der Waals surface area (Å²) in [5, 5.41) is 10.7. The molecular formula is C15H15N3O6S2. The average molecular weight is 397 g/mol. The van der Waals surface area contributed by atoms with E-state index in [1.165, 1.54) is 29.7 Å². The lowest BCUT2D eigenvalue weighted by molar-refractivity contribution is -0.384. The fraction of sp³-hybridized carbons (Fsp3) is 0.333. The maximum absolute atomic E-state index is 12.0. The molecule has 0 N–H and O–H groups in total. The number of thioether (sulfide) groups is 1. The van der Waals surface area contributed by atoms with Crippen LogP contribution in [0.3, 0.4) is 0 Å². The van der Waals surface area contributed by atoms with Crippen LogP contribution >= 0.6 is 23.1 Å². The van der Waals surface area contributed by atoms with Crippen LogP contribution < -0.4 is 4.80 Å². The molecule has 0 aliphatic carbocycles. The molecule has 0 aliphatic rings. The van der Waals surface area contributed by atoms with Gasteiger partial charge in [-0.05, 0) is 13.0 Å². The van der Waals surface area contributed by atoms with Gasteiger partial charge < -0.3 is 9.30 Å². The molecule has 1 amide bonds. The topological polar surface area (TPSA) is 121 Å². The second kappa shape index (κ2) is 8.72. The van der Waals surface area contributed by atoms with E-state index >= 15 is 0 Å². The van der Waals surface area contributed by atoms with Gasteiger partial charge in [0.1, 0.15) is 6.54 Å². The standard InChI is InChI=1S/C15H15N3O6S2/c1-3-24-14(21)7-17-11-5-4-10(18(22)23)6-12(11)26-15(17)16-13(20)8-25-9(2)19/h4-6H,3,7-8H2,1-2H3. The van der Waals surface area contributed by atoms with E-state index in [0.29, 0.717) is 10.2 Å². The predicted octanol–water partition coefficient (Wildman–Crippen LogP) is 1.88. The molecule has 2 aromatic rings. The fourth-order valence-corrected chi connectivity index (χ4v) is 3.52. The van der Waals surface area contributed by atoms with Crippen molar-refractivity contribution < 1.29 is 24.0 Å². The minimum absolute atomic E-state index is 0.105. The summed E-state index contributed by atoms with van der Waals surface area (Å²) in [6.45, 7) is 3.04. The number of hydrogen-bond donors (Lipinski definition) is 0. The molecule has 0 saturated heterocycles. The van der Waals surface area contributed by atoms with Crippen molar-refractivity contribution in [3.05, 3.63) is 33.1 Å². The highest BCUT2D eigenvalue weighted by molar-refractivity contribution is 8.14. The Kier molecular flexibility index (Phi) is 6.64. The van der Waals surface area contributed by atoms with Crippen LogP contribution in [0, 0.1) is 10.1 Å². The monoisotopic (exact) mass is 397 g/mol. The van der Waals surface area contributed by atoms with E-state index in [4.69, 9.17) is 4.74 Å². The van der Waals surface area contributed by atoms with E-state index in [-0.39, 0.29) is 34.5 Å². The maximum atomic E-state index is 12.0. The van der Waals surface area contributed by atoms with E-state index in [1.807, 2.05) is 0 Å². The van der Waals surface area contributed by atoms with Crippen molar-refractivity contribution >= 4 is 56.0 Å². The lowest BCUT2D eigenvalue weighted by Crippen LogP contribution is -2.23. The van der Waals surface area contributed by atoms with Crippen LogP contribution in [0.2, 0.25) is 0 Å². The number of nitro benzene ring substituents is 1. The van der Waals surface area contributed by atoms with Crippen LogP contribution in [0.5, 0.6) is 0 Å². The third-order valence-electron chi connectivity index (χ3n) is 3.09. The summed E-state index contributed by atoms with van der Waals surface area (Å²) < 4.78 is 6.91. The zero-order valence-electron chi connectivity index (χ0n) is 14.0. The Morgan fingerprint density at radius 2 is 2.12 bits per heavy atom. The van der Waals surface area contributed by atoms with Gasteiger partial charge in [0.2, 0.25) is 0 Å². The van der Waals surface area contributed by atoms with Crippen LogP contribution in [-0.2, 0) is 25.7 Å². The molecule has 0 saturated carbocycles. The second-order valence-corrected chi connectivity index (χ2v) is 7.13. The van der Waals surface area contributed by atoms with E-state index in [1.54, 1.807) is 6.92 Å². The first kappa shape index (κ1) is 19.8. The van der Waals surface area contributed by atoms with Gasteiger partial charge in [0.05, 0.1) is 27.5 Å². The second-order valence-electron chi connectivity index (χ2n) is 4.97. The Labute approximate surface area is 155 Å². The summed E-state index contributed by atoms with van der Waals surface area (Å²) in [5.41, 5.74) is 0.423. The molecule has 0 aliphatic heterocycles.